The molecule has 0 unspecified atom stereocenters. The van der Waals surface area contributed by atoms with Crippen molar-refractivity contribution in [2.45, 2.75) is 26.3 Å². The lowest BCUT2D eigenvalue weighted by Crippen LogP contribution is -2.26. The molecule has 0 spiro atoms. The highest BCUT2D eigenvalue weighted by atomic mass is 16.5. The van der Waals surface area contributed by atoms with Crippen LogP contribution in [0.15, 0.2) is 10.7 Å². The van der Waals surface area contributed by atoms with E-state index in [1.165, 1.54) is 0 Å². The molecule has 5 heteroatoms. The second-order valence-electron chi connectivity index (χ2n) is 4.25. The molecular formula is C12H21N3O2. The third-order valence-corrected chi connectivity index (χ3v) is 2.77. The van der Waals surface area contributed by atoms with Crippen molar-refractivity contribution >= 4 is 6.01 Å². The first kappa shape index (κ1) is 12.4. The van der Waals surface area contributed by atoms with Gasteiger partial charge >= 0.3 is 0 Å². The van der Waals surface area contributed by atoms with Gasteiger partial charge in [0.1, 0.15) is 6.26 Å². The molecule has 0 atom stereocenters. The summed E-state index contributed by atoms with van der Waals surface area (Å²) in [4.78, 5) is 6.64. The Hall–Kier alpha value is -1.07. The molecule has 1 aliphatic rings. The van der Waals surface area contributed by atoms with E-state index in [1.54, 1.807) is 6.26 Å². The number of hydrogen-bond acceptors (Lipinski definition) is 5. The van der Waals surface area contributed by atoms with Gasteiger partial charge < -0.3 is 19.4 Å². The van der Waals surface area contributed by atoms with Gasteiger partial charge in [0.05, 0.1) is 12.3 Å². The lowest BCUT2D eigenvalue weighted by Gasteiger charge is -2.16. The zero-order valence-corrected chi connectivity index (χ0v) is 10.4. The van der Waals surface area contributed by atoms with E-state index in [0.717, 1.165) is 63.9 Å². The van der Waals surface area contributed by atoms with Gasteiger partial charge in [0.25, 0.3) is 6.01 Å². The zero-order chi connectivity index (χ0) is 11.9. The number of nitrogens with one attached hydrogen (secondary N) is 1. The Morgan fingerprint density at radius 3 is 3.24 bits per heavy atom. The van der Waals surface area contributed by atoms with E-state index < -0.39 is 0 Å². The fraction of sp³-hybridized carbons (Fsp3) is 0.750. The summed E-state index contributed by atoms with van der Waals surface area (Å²) in [5, 5.41) is 3.31. The van der Waals surface area contributed by atoms with Crippen LogP contribution in [0.3, 0.4) is 0 Å². The normalized spacial score (nSPS) is 17.1. The number of nitrogens with zero attached hydrogens (tertiary/aromatic N) is 2. The average Bonchev–Trinajstić information content (AvgIpc) is 2.64. The molecule has 2 heterocycles. The number of hydrogen-bond donors (Lipinski definition) is 1. The van der Waals surface area contributed by atoms with Crippen molar-refractivity contribution in [2.75, 3.05) is 37.7 Å². The standard InChI is InChI=1S/C12H21N3O2/c1-2-4-13-9-11-10-17-12(14-11)15-5-3-7-16-8-6-15/h10,13H,2-9H2,1H3. The van der Waals surface area contributed by atoms with E-state index in [4.69, 9.17) is 9.15 Å². The molecule has 0 saturated carbocycles. The molecule has 1 aromatic rings. The van der Waals surface area contributed by atoms with Crippen molar-refractivity contribution in [1.82, 2.24) is 10.3 Å². The molecule has 2 rings (SSSR count). The maximum absolute atomic E-state index is 5.51. The maximum Gasteiger partial charge on any atom is 0.297 e. The molecule has 1 fully saturated rings. The summed E-state index contributed by atoms with van der Waals surface area (Å²) in [6, 6.07) is 0.726. The molecule has 0 bridgehead atoms. The number of anilines is 1. The van der Waals surface area contributed by atoms with Crippen LogP contribution in [-0.4, -0.2) is 37.8 Å². The van der Waals surface area contributed by atoms with Crippen molar-refractivity contribution in [3.63, 3.8) is 0 Å². The number of ether oxygens (including phenoxy) is 1. The minimum Gasteiger partial charge on any atom is -0.432 e. The predicted molar refractivity (Wildman–Crippen MR) is 66.1 cm³/mol. The first-order valence-electron chi connectivity index (χ1n) is 6.38. The molecule has 1 saturated heterocycles. The van der Waals surface area contributed by atoms with Crippen molar-refractivity contribution in [1.29, 1.82) is 0 Å². The van der Waals surface area contributed by atoms with Gasteiger partial charge in [-0.2, -0.15) is 4.98 Å². The summed E-state index contributed by atoms with van der Waals surface area (Å²) >= 11 is 0. The van der Waals surface area contributed by atoms with E-state index in [0.29, 0.717) is 0 Å². The van der Waals surface area contributed by atoms with Crippen LogP contribution in [-0.2, 0) is 11.3 Å². The first-order chi connectivity index (χ1) is 8.40. The summed E-state index contributed by atoms with van der Waals surface area (Å²) in [7, 11) is 0. The quantitative estimate of drug-likeness (QED) is 0.787. The fourth-order valence-corrected chi connectivity index (χ4v) is 1.85. The largest absolute Gasteiger partial charge is 0.432 e. The van der Waals surface area contributed by atoms with E-state index in [-0.39, 0.29) is 0 Å². The Morgan fingerprint density at radius 2 is 2.35 bits per heavy atom. The van der Waals surface area contributed by atoms with Crippen LogP contribution < -0.4 is 10.2 Å². The van der Waals surface area contributed by atoms with Gasteiger partial charge in [-0.25, -0.2) is 0 Å². The van der Waals surface area contributed by atoms with Gasteiger partial charge in [0.15, 0.2) is 0 Å². The molecule has 17 heavy (non-hydrogen) atoms. The second-order valence-corrected chi connectivity index (χ2v) is 4.25. The molecule has 0 aromatic carbocycles. The lowest BCUT2D eigenvalue weighted by molar-refractivity contribution is 0.152. The Kier molecular flexibility index (Phi) is 4.82. The number of rotatable bonds is 5. The van der Waals surface area contributed by atoms with Gasteiger partial charge in [-0.1, -0.05) is 6.92 Å². The van der Waals surface area contributed by atoms with E-state index in [9.17, 15) is 0 Å². The van der Waals surface area contributed by atoms with E-state index in [1.807, 2.05) is 0 Å². The fourth-order valence-electron chi connectivity index (χ4n) is 1.85. The highest BCUT2D eigenvalue weighted by Crippen LogP contribution is 2.15. The SMILES string of the molecule is CCCNCc1coc(N2CCCOCC2)n1. The van der Waals surface area contributed by atoms with Crippen molar-refractivity contribution in [3.8, 4) is 0 Å². The van der Waals surface area contributed by atoms with Crippen LogP contribution in [0.4, 0.5) is 6.01 Å². The van der Waals surface area contributed by atoms with Crippen LogP contribution in [0.2, 0.25) is 0 Å². The summed E-state index contributed by atoms with van der Waals surface area (Å²) < 4.78 is 10.9. The third-order valence-electron chi connectivity index (χ3n) is 2.77. The molecule has 5 nitrogen and oxygen atoms in total. The van der Waals surface area contributed by atoms with Crippen LogP contribution >= 0.6 is 0 Å². The molecule has 1 N–H and O–H groups in total. The van der Waals surface area contributed by atoms with Crippen LogP contribution in [0.1, 0.15) is 25.5 Å². The molecule has 1 aliphatic heterocycles. The van der Waals surface area contributed by atoms with Crippen molar-refractivity contribution < 1.29 is 9.15 Å². The Morgan fingerprint density at radius 1 is 1.41 bits per heavy atom. The van der Waals surface area contributed by atoms with Crippen LogP contribution in [0.5, 0.6) is 0 Å². The minimum atomic E-state index is 0.726. The number of oxazole rings is 1. The molecule has 96 valence electrons. The molecule has 1 aromatic heterocycles. The van der Waals surface area contributed by atoms with E-state index >= 15 is 0 Å². The van der Waals surface area contributed by atoms with E-state index in [2.05, 4.69) is 22.1 Å². The third kappa shape index (κ3) is 3.71. The summed E-state index contributed by atoms with van der Waals surface area (Å²) in [5.74, 6) is 0. The average molecular weight is 239 g/mol. The van der Waals surface area contributed by atoms with Crippen LogP contribution in [0.25, 0.3) is 0 Å². The molecule has 0 aliphatic carbocycles. The summed E-state index contributed by atoms with van der Waals surface area (Å²) in [6.45, 7) is 7.36. The zero-order valence-electron chi connectivity index (χ0n) is 10.4. The molecule has 0 radical (unpaired) electrons. The summed E-state index contributed by atoms with van der Waals surface area (Å²) in [6.07, 6.45) is 3.91. The van der Waals surface area contributed by atoms with Gasteiger partial charge in [-0.3, -0.25) is 0 Å². The van der Waals surface area contributed by atoms with Gasteiger partial charge in [-0.15, -0.1) is 0 Å². The molecular weight excluding hydrogens is 218 g/mol. The Bertz CT molecular complexity index is 319. The lowest BCUT2D eigenvalue weighted by atomic mass is 10.4. The minimum absolute atomic E-state index is 0.726. The molecule has 0 amide bonds. The smallest absolute Gasteiger partial charge is 0.297 e. The van der Waals surface area contributed by atoms with Gasteiger partial charge in [0, 0.05) is 26.2 Å². The monoisotopic (exact) mass is 239 g/mol. The van der Waals surface area contributed by atoms with Crippen LogP contribution in [0, 0.1) is 0 Å². The first-order valence-corrected chi connectivity index (χ1v) is 6.38. The summed E-state index contributed by atoms with van der Waals surface area (Å²) in [5.41, 5.74) is 0.971. The second kappa shape index (κ2) is 6.61. The van der Waals surface area contributed by atoms with Crippen molar-refractivity contribution in [2.24, 2.45) is 0 Å². The topological polar surface area (TPSA) is 50.5 Å². The number of aromatic nitrogens is 1. The van der Waals surface area contributed by atoms with Gasteiger partial charge in [-0.05, 0) is 19.4 Å². The highest BCUT2D eigenvalue weighted by molar-refractivity contribution is 5.27. The highest BCUT2D eigenvalue weighted by Gasteiger charge is 2.14. The van der Waals surface area contributed by atoms with Crippen molar-refractivity contribution in [3.05, 3.63) is 12.0 Å². The Labute approximate surface area is 102 Å². The Balaban J connectivity index is 1.87. The van der Waals surface area contributed by atoms with Gasteiger partial charge in [0.2, 0.25) is 0 Å². The predicted octanol–water partition coefficient (Wildman–Crippen LogP) is 1.40. The maximum atomic E-state index is 5.51.